The molecule has 0 unspecified atom stereocenters. The van der Waals surface area contributed by atoms with Gasteiger partial charge in [-0.3, -0.25) is 9.69 Å². The van der Waals surface area contributed by atoms with Crippen molar-refractivity contribution in [2.45, 2.75) is 19.6 Å². The highest BCUT2D eigenvalue weighted by molar-refractivity contribution is 5.91. The maximum absolute atomic E-state index is 12.3. The van der Waals surface area contributed by atoms with Gasteiger partial charge < -0.3 is 19.4 Å². The molecule has 1 amide bonds. The SMILES string of the molecule is O=C(NCCCN1CCN(Cc2ccccc2)CC1)c1ccc(COc2ccccc2)o1. The Labute approximate surface area is 189 Å². The Morgan fingerprint density at radius 3 is 2.31 bits per heavy atom. The largest absolute Gasteiger partial charge is 0.486 e. The number of carbonyl (C=O) groups is 1. The number of furan rings is 1. The number of rotatable bonds is 10. The van der Waals surface area contributed by atoms with Gasteiger partial charge in [0.15, 0.2) is 5.76 Å². The first kappa shape index (κ1) is 22.1. The lowest BCUT2D eigenvalue weighted by molar-refractivity contribution is 0.0915. The van der Waals surface area contributed by atoms with Gasteiger partial charge in [-0.2, -0.15) is 0 Å². The monoisotopic (exact) mass is 433 g/mol. The fourth-order valence-corrected chi connectivity index (χ4v) is 3.85. The number of piperazine rings is 1. The maximum Gasteiger partial charge on any atom is 0.286 e. The van der Waals surface area contributed by atoms with Gasteiger partial charge in [-0.1, -0.05) is 48.5 Å². The summed E-state index contributed by atoms with van der Waals surface area (Å²) < 4.78 is 11.3. The predicted molar refractivity (Wildman–Crippen MR) is 125 cm³/mol. The molecule has 1 aliphatic rings. The van der Waals surface area contributed by atoms with Crippen LogP contribution in [0.2, 0.25) is 0 Å². The summed E-state index contributed by atoms with van der Waals surface area (Å²) in [6, 6.07) is 23.7. The van der Waals surface area contributed by atoms with E-state index in [1.807, 2.05) is 30.3 Å². The Kier molecular flexibility index (Phi) is 7.95. The zero-order chi connectivity index (χ0) is 22.0. The third-order valence-corrected chi connectivity index (χ3v) is 5.66. The first-order valence-electron chi connectivity index (χ1n) is 11.3. The molecule has 0 radical (unpaired) electrons. The van der Waals surface area contributed by atoms with E-state index < -0.39 is 0 Å². The minimum absolute atomic E-state index is 0.177. The van der Waals surface area contributed by atoms with E-state index in [9.17, 15) is 4.79 Å². The Hall–Kier alpha value is -3.09. The van der Waals surface area contributed by atoms with E-state index in [0.29, 0.717) is 24.7 Å². The van der Waals surface area contributed by atoms with Crippen LogP contribution < -0.4 is 10.1 Å². The van der Waals surface area contributed by atoms with Crippen molar-refractivity contribution in [2.24, 2.45) is 0 Å². The van der Waals surface area contributed by atoms with Crippen LogP contribution in [0.4, 0.5) is 0 Å². The molecule has 2 heterocycles. The van der Waals surface area contributed by atoms with E-state index in [0.717, 1.165) is 51.4 Å². The number of nitrogens with one attached hydrogen (secondary N) is 1. The van der Waals surface area contributed by atoms with E-state index in [1.165, 1.54) is 5.56 Å². The van der Waals surface area contributed by atoms with E-state index in [2.05, 4.69) is 45.4 Å². The van der Waals surface area contributed by atoms with Crippen molar-refractivity contribution < 1.29 is 13.9 Å². The Morgan fingerprint density at radius 2 is 1.56 bits per heavy atom. The van der Waals surface area contributed by atoms with Gasteiger partial charge in [-0.15, -0.1) is 0 Å². The zero-order valence-electron chi connectivity index (χ0n) is 18.4. The average molecular weight is 434 g/mol. The summed E-state index contributed by atoms with van der Waals surface area (Å²) in [5, 5.41) is 2.96. The fourth-order valence-electron chi connectivity index (χ4n) is 3.85. The van der Waals surface area contributed by atoms with E-state index >= 15 is 0 Å². The van der Waals surface area contributed by atoms with E-state index in [4.69, 9.17) is 9.15 Å². The summed E-state index contributed by atoms with van der Waals surface area (Å²) in [4.78, 5) is 17.3. The number of benzene rings is 2. The van der Waals surface area contributed by atoms with Gasteiger partial charge in [0.2, 0.25) is 0 Å². The first-order valence-corrected chi connectivity index (χ1v) is 11.3. The molecule has 0 aliphatic carbocycles. The summed E-state index contributed by atoms with van der Waals surface area (Å²) in [7, 11) is 0. The molecule has 168 valence electrons. The quantitative estimate of drug-likeness (QED) is 0.493. The molecule has 1 saturated heterocycles. The van der Waals surface area contributed by atoms with Crippen LogP contribution in [0.3, 0.4) is 0 Å². The molecule has 1 aliphatic heterocycles. The number of hydrogen-bond acceptors (Lipinski definition) is 5. The molecule has 3 aromatic rings. The van der Waals surface area contributed by atoms with Crippen LogP contribution in [0.5, 0.6) is 5.75 Å². The molecule has 0 bridgehead atoms. The molecule has 1 aromatic heterocycles. The molecule has 1 fully saturated rings. The first-order chi connectivity index (χ1) is 15.8. The van der Waals surface area contributed by atoms with Crippen LogP contribution in [0.1, 0.15) is 28.3 Å². The molecule has 4 rings (SSSR count). The molecule has 6 nitrogen and oxygen atoms in total. The van der Waals surface area contributed by atoms with Gasteiger partial charge in [0.05, 0.1) is 0 Å². The number of carbonyl (C=O) groups excluding carboxylic acids is 1. The molecule has 32 heavy (non-hydrogen) atoms. The Bertz CT molecular complexity index is 951. The second kappa shape index (κ2) is 11.5. The summed E-state index contributed by atoms with van der Waals surface area (Å²) in [5.74, 6) is 1.55. The molecule has 1 N–H and O–H groups in total. The minimum atomic E-state index is -0.177. The van der Waals surface area contributed by atoms with E-state index in [1.54, 1.807) is 12.1 Å². The second-order valence-corrected chi connectivity index (χ2v) is 8.08. The van der Waals surface area contributed by atoms with Crippen LogP contribution in [-0.2, 0) is 13.2 Å². The average Bonchev–Trinajstić information content (AvgIpc) is 3.32. The standard InChI is InChI=1S/C26H31N3O3/c30-26(25-13-12-24(32-25)21-31-23-10-5-2-6-11-23)27-14-7-15-28-16-18-29(19-17-28)20-22-8-3-1-4-9-22/h1-6,8-13H,7,14-21H2,(H,27,30). The summed E-state index contributed by atoms with van der Waals surface area (Å²) in [5.41, 5.74) is 1.37. The predicted octanol–water partition coefficient (Wildman–Crippen LogP) is 3.80. The molecule has 0 spiro atoms. The van der Waals surface area contributed by atoms with Crippen molar-refractivity contribution in [3.05, 3.63) is 89.9 Å². The number of amides is 1. The topological polar surface area (TPSA) is 58.0 Å². The van der Waals surface area contributed by atoms with Crippen LogP contribution in [-0.4, -0.2) is 55.0 Å². The van der Waals surface area contributed by atoms with E-state index in [-0.39, 0.29) is 5.91 Å². The molecule has 6 heteroatoms. The second-order valence-electron chi connectivity index (χ2n) is 8.08. The smallest absolute Gasteiger partial charge is 0.286 e. The van der Waals surface area contributed by atoms with Gasteiger partial charge in [0.1, 0.15) is 18.1 Å². The van der Waals surface area contributed by atoms with Gasteiger partial charge in [0.25, 0.3) is 5.91 Å². The summed E-state index contributed by atoms with van der Waals surface area (Å²) in [6.07, 6.45) is 0.926. The van der Waals surface area contributed by atoms with Crippen LogP contribution in [0, 0.1) is 0 Å². The molecule has 0 atom stereocenters. The van der Waals surface area contributed by atoms with Crippen molar-refractivity contribution in [3.8, 4) is 5.75 Å². The highest BCUT2D eigenvalue weighted by atomic mass is 16.5. The molecule has 0 saturated carbocycles. The lowest BCUT2D eigenvalue weighted by Crippen LogP contribution is -2.46. The van der Waals surface area contributed by atoms with Gasteiger partial charge in [-0.05, 0) is 42.8 Å². The van der Waals surface area contributed by atoms with Gasteiger partial charge >= 0.3 is 0 Å². The van der Waals surface area contributed by atoms with Gasteiger partial charge in [-0.25, -0.2) is 0 Å². The number of para-hydroxylation sites is 1. The van der Waals surface area contributed by atoms with Crippen molar-refractivity contribution in [3.63, 3.8) is 0 Å². The van der Waals surface area contributed by atoms with Gasteiger partial charge in [0, 0.05) is 39.3 Å². The summed E-state index contributed by atoms with van der Waals surface area (Å²) in [6.45, 7) is 7.27. The minimum Gasteiger partial charge on any atom is -0.486 e. The number of ether oxygens (including phenoxy) is 1. The number of hydrogen-bond donors (Lipinski definition) is 1. The normalized spacial score (nSPS) is 14.9. The summed E-state index contributed by atoms with van der Waals surface area (Å²) >= 11 is 0. The molecular formula is C26H31N3O3. The zero-order valence-corrected chi connectivity index (χ0v) is 18.4. The third-order valence-electron chi connectivity index (χ3n) is 5.66. The Balaban J connectivity index is 1.10. The van der Waals surface area contributed by atoms with Crippen molar-refractivity contribution in [1.82, 2.24) is 15.1 Å². The third kappa shape index (κ3) is 6.70. The highest BCUT2D eigenvalue weighted by Gasteiger charge is 2.17. The Morgan fingerprint density at radius 1 is 0.875 bits per heavy atom. The van der Waals surface area contributed by atoms with Crippen molar-refractivity contribution in [1.29, 1.82) is 0 Å². The van der Waals surface area contributed by atoms with Crippen LogP contribution in [0.15, 0.2) is 77.2 Å². The molecular weight excluding hydrogens is 402 g/mol. The van der Waals surface area contributed by atoms with Crippen molar-refractivity contribution >= 4 is 5.91 Å². The lowest BCUT2D eigenvalue weighted by Gasteiger charge is -2.34. The van der Waals surface area contributed by atoms with Crippen LogP contribution >= 0.6 is 0 Å². The number of nitrogens with zero attached hydrogens (tertiary/aromatic N) is 2. The van der Waals surface area contributed by atoms with Crippen LogP contribution in [0.25, 0.3) is 0 Å². The highest BCUT2D eigenvalue weighted by Crippen LogP contribution is 2.14. The fraction of sp³-hybridized carbons (Fsp3) is 0.346. The maximum atomic E-state index is 12.3. The molecule has 2 aromatic carbocycles. The van der Waals surface area contributed by atoms with Crippen molar-refractivity contribution in [2.75, 3.05) is 39.3 Å². The lowest BCUT2D eigenvalue weighted by atomic mass is 10.2.